The molecule has 0 radical (unpaired) electrons. The van der Waals surface area contributed by atoms with Crippen molar-refractivity contribution in [2.75, 3.05) is 6.61 Å². The topological polar surface area (TPSA) is 151 Å². The Labute approximate surface area is 474 Å². The molecular formula is C69H69N7O3S. The van der Waals surface area contributed by atoms with Gasteiger partial charge in [-0.05, 0) is 108 Å². The molecule has 3 aliphatic carbocycles. The molecule has 0 bridgehead atoms. The summed E-state index contributed by atoms with van der Waals surface area (Å²) in [6.07, 6.45) is 11.0. The fraction of sp³-hybridized carbons (Fsp3) is 0.188. The minimum Gasteiger partial charge on any atom is -0.449 e. The van der Waals surface area contributed by atoms with E-state index in [1.54, 1.807) is 11.3 Å². The first-order valence-electron chi connectivity index (χ1n) is 26.3. The molecule has 7 aromatic carbocycles. The minimum atomic E-state index is -0.908. The van der Waals surface area contributed by atoms with Crippen LogP contribution in [0.5, 0.6) is 0 Å². The van der Waals surface area contributed by atoms with E-state index in [0.717, 1.165) is 91.1 Å². The number of nitrogens with zero attached hydrogens (tertiary/aromatic N) is 2. The van der Waals surface area contributed by atoms with Crippen LogP contribution in [0, 0.1) is 0 Å². The van der Waals surface area contributed by atoms with Crippen molar-refractivity contribution in [2.24, 2.45) is 5.73 Å². The molecule has 11 heteroatoms. The number of aromatic amines is 2. The van der Waals surface area contributed by atoms with Crippen LogP contribution in [0.15, 0.2) is 212 Å². The predicted octanol–water partition coefficient (Wildman–Crippen LogP) is 15.6. The maximum Gasteiger partial charge on any atom is 0.407 e. The van der Waals surface area contributed by atoms with Gasteiger partial charge < -0.3 is 31.1 Å². The largest absolute Gasteiger partial charge is 0.449 e. The van der Waals surface area contributed by atoms with Gasteiger partial charge in [0.05, 0.1) is 35.9 Å². The van der Waals surface area contributed by atoms with Crippen molar-refractivity contribution in [1.82, 2.24) is 30.6 Å². The number of aromatic nitrogens is 4. The molecule has 3 atom stereocenters. The van der Waals surface area contributed by atoms with Crippen LogP contribution in [0.3, 0.4) is 0 Å². The van der Waals surface area contributed by atoms with Crippen molar-refractivity contribution in [1.29, 1.82) is 0 Å². The number of hydrogen-bond donors (Lipinski definition) is 5. The lowest BCUT2D eigenvalue weighted by atomic mass is 9.98. The Morgan fingerprint density at radius 1 is 0.575 bits per heavy atom. The Kier molecular flexibility index (Phi) is 17.6. The summed E-state index contributed by atoms with van der Waals surface area (Å²) in [5.74, 6) is 1.08. The molecule has 2 amide bonds. The van der Waals surface area contributed by atoms with Gasteiger partial charge in [0, 0.05) is 23.5 Å². The molecule has 80 heavy (non-hydrogen) atoms. The van der Waals surface area contributed by atoms with Crippen LogP contribution in [-0.4, -0.2) is 44.6 Å². The number of rotatable bonds is 15. The van der Waals surface area contributed by atoms with Crippen LogP contribution < -0.4 is 16.4 Å². The molecule has 3 aromatic heterocycles. The third-order valence-electron chi connectivity index (χ3n) is 15.0. The van der Waals surface area contributed by atoms with Crippen LogP contribution in [0.2, 0.25) is 0 Å². The van der Waals surface area contributed by atoms with Gasteiger partial charge in [0.25, 0.3) is 0 Å². The molecule has 10 nitrogen and oxygen atoms in total. The average molecular weight is 1080 g/mol. The van der Waals surface area contributed by atoms with E-state index in [1.165, 1.54) is 27.8 Å². The van der Waals surface area contributed by atoms with Gasteiger partial charge in [-0.15, -0.1) is 11.3 Å². The Morgan fingerprint density at radius 3 is 1.69 bits per heavy atom. The van der Waals surface area contributed by atoms with Crippen molar-refractivity contribution in [3.05, 3.63) is 263 Å². The number of hydrogen-bond acceptors (Lipinski definition) is 7. The van der Waals surface area contributed by atoms with Crippen molar-refractivity contribution >= 4 is 44.6 Å². The molecule has 13 rings (SSSR count). The lowest BCUT2D eigenvalue weighted by Crippen LogP contribution is -2.49. The van der Waals surface area contributed by atoms with Gasteiger partial charge in [0.15, 0.2) is 0 Å². The van der Waals surface area contributed by atoms with Gasteiger partial charge in [0.1, 0.15) is 24.3 Å². The number of nitrogens with one attached hydrogen (secondary N) is 4. The number of fused-ring (bicyclic) bond motifs is 6. The molecule has 0 saturated heterocycles. The van der Waals surface area contributed by atoms with Crippen molar-refractivity contribution in [3.63, 3.8) is 0 Å². The highest BCUT2D eigenvalue weighted by Gasteiger charge is 2.32. The summed E-state index contributed by atoms with van der Waals surface area (Å²) in [7, 11) is 0. The number of carbonyl (C=O) groups excluding carboxylic acids is 2. The Bertz CT molecular complexity index is 3750. The maximum absolute atomic E-state index is 14.6. The molecule has 0 fully saturated rings. The first-order chi connectivity index (χ1) is 37.9. The zero-order valence-corrected chi connectivity index (χ0v) is 43.2. The second-order valence-corrected chi connectivity index (χ2v) is 20.7. The van der Waals surface area contributed by atoms with E-state index in [0.29, 0.717) is 18.7 Å². The smallest absolute Gasteiger partial charge is 0.407 e. The number of H-pyrrole nitrogens is 2. The van der Waals surface area contributed by atoms with Gasteiger partial charge in [-0.1, -0.05) is 210 Å². The molecule has 0 saturated carbocycles. The molecule has 6 N–H and O–H groups in total. The summed E-state index contributed by atoms with van der Waals surface area (Å²) in [6, 6.07) is 60.3. The van der Waals surface area contributed by atoms with Crippen LogP contribution >= 0.6 is 11.3 Å². The monoisotopic (exact) mass is 1080 g/mol. The standard InChI is InChI=1S/C46H38N4O3S.C20H19N3.3CH4/c51-45(49-40(24-31-23-22-29-12-4-5-15-33(29)31)44-47-26-42(48-44)30-13-2-1-3-14-30)41(25-32-28-54-43-21-11-10-16-34(32)43)50-46(52)53-27-39-37-19-8-6-17-35(37)36-18-7-9-20-38(36)39;21-18(12-16-11-10-14-6-4-5-9-17(14)16)20-22-13-19(23-20)15-7-2-1-3-8-15;;;/h1-21,23,26,28,39-41H,22,24-25,27H2,(H,47,48)(H,49,51)(H,50,52);1-9,11,13,18H,10,12,21H2,(H,22,23);3*1H4/t40-,41-;18-;;;/m11.../s1. The first-order valence-corrected chi connectivity index (χ1v) is 27.2. The Hall–Kier alpha value is -8.90. The first kappa shape index (κ1) is 55.8. The second-order valence-electron chi connectivity index (χ2n) is 19.8. The number of carbonyl (C=O) groups is 2. The molecule has 0 aliphatic heterocycles. The molecule has 3 aliphatic rings. The Balaban J connectivity index is 0.000000250. The summed E-state index contributed by atoms with van der Waals surface area (Å²) >= 11 is 1.63. The van der Waals surface area contributed by atoms with E-state index in [-0.39, 0.29) is 46.8 Å². The number of nitrogens with two attached hydrogens (primary N) is 1. The van der Waals surface area contributed by atoms with E-state index in [9.17, 15) is 9.59 Å². The van der Waals surface area contributed by atoms with E-state index in [1.807, 2.05) is 103 Å². The number of amides is 2. The third-order valence-corrected chi connectivity index (χ3v) is 16.0. The van der Waals surface area contributed by atoms with Crippen molar-refractivity contribution in [3.8, 4) is 33.6 Å². The quantitative estimate of drug-likeness (QED) is 0.0690. The second kappa shape index (κ2) is 25.3. The minimum absolute atomic E-state index is 0. The molecule has 0 unspecified atom stereocenters. The van der Waals surface area contributed by atoms with E-state index >= 15 is 0 Å². The van der Waals surface area contributed by atoms with Crippen LogP contribution in [0.1, 0.15) is 104 Å². The highest BCUT2D eigenvalue weighted by Crippen LogP contribution is 2.45. The normalized spacial score (nSPS) is 13.7. The lowest BCUT2D eigenvalue weighted by molar-refractivity contribution is -0.123. The summed E-state index contributed by atoms with van der Waals surface area (Å²) in [6.45, 7) is 0.153. The zero-order valence-electron chi connectivity index (χ0n) is 42.4. The molecule has 3 heterocycles. The van der Waals surface area contributed by atoms with E-state index in [2.05, 4.69) is 134 Å². The molecule has 10 aromatic rings. The van der Waals surface area contributed by atoms with E-state index < -0.39 is 18.2 Å². The summed E-state index contributed by atoms with van der Waals surface area (Å²) < 4.78 is 7.09. The average Bonchev–Trinajstić information content (AvgIpc) is 4.39. The van der Waals surface area contributed by atoms with Crippen molar-refractivity contribution < 1.29 is 14.3 Å². The Morgan fingerprint density at radius 2 is 1.07 bits per heavy atom. The van der Waals surface area contributed by atoms with Crippen LogP contribution in [0.25, 0.3) is 54.9 Å². The van der Waals surface area contributed by atoms with Crippen LogP contribution in [0.4, 0.5) is 4.79 Å². The maximum atomic E-state index is 14.6. The molecule has 0 spiro atoms. The molecular weight excluding hydrogens is 1010 g/mol. The van der Waals surface area contributed by atoms with E-state index in [4.69, 9.17) is 15.5 Å². The number of ether oxygens (including phenoxy) is 1. The number of benzene rings is 7. The SMILES string of the molecule is C.C.C.N[C@H](CC1=CCc2ccccc21)c1ncc(-c2ccccc2)[nH]1.O=C(N[C@H](Cc1csc2ccccc12)C(=O)N[C@H](CC1=CCc2ccccc21)c1ncc(-c2ccccc2)[nH]1)OCC1c2ccccc2-c2ccccc21. The van der Waals surface area contributed by atoms with Gasteiger partial charge in [0.2, 0.25) is 5.91 Å². The number of imidazole rings is 2. The summed E-state index contributed by atoms with van der Waals surface area (Å²) in [5.41, 5.74) is 23.6. The third kappa shape index (κ3) is 11.9. The fourth-order valence-corrected chi connectivity index (χ4v) is 12.1. The molecule has 404 valence electrons. The van der Waals surface area contributed by atoms with Gasteiger partial charge in [-0.3, -0.25) is 4.79 Å². The number of allylic oxidation sites excluding steroid dienone is 2. The highest BCUT2D eigenvalue weighted by atomic mass is 32.1. The number of alkyl carbamates (subject to hydrolysis) is 1. The predicted molar refractivity (Wildman–Crippen MR) is 329 cm³/mol. The van der Waals surface area contributed by atoms with Gasteiger partial charge >= 0.3 is 6.09 Å². The van der Waals surface area contributed by atoms with Crippen LogP contribution in [-0.2, 0) is 28.8 Å². The summed E-state index contributed by atoms with van der Waals surface area (Å²) in [4.78, 5) is 44.4. The van der Waals surface area contributed by atoms with Gasteiger partial charge in [-0.2, -0.15) is 0 Å². The fourth-order valence-electron chi connectivity index (χ4n) is 11.1. The van der Waals surface area contributed by atoms with Crippen molar-refractivity contribution in [2.45, 2.75) is 78.4 Å². The highest BCUT2D eigenvalue weighted by molar-refractivity contribution is 7.17. The van der Waals surface area contributed by atoms with Gasteiger partial charge in [-0.25, -0.2) is 14.8 Å². The summed E-state index contributed by atoms with van der Waals surface area (Å²) in [5, 5.41) is 9.42. The number of thiophene rings is 1. The zero-order chi connectivity index (χ0) is 52.1. The lowest BCUT2D eigenvalue weighted by Gasteiger charge is -2.24.